The smallest absolute Gasteiger partial charge is 0.240 e. The van der Waals surface area contributed by atoms with E-state index in [9.17, 15) is 9.59 Å². The molecule has 0 aliphatic heterocycles. The summed E-state index contributed by atoms with van der Waals surface area (Å²) in [7, 11) is 0. The predicted molar refractivity (Wildman–Crippen MR) is 56.8 cm³/mol. The van der Waals surface area contributed by atoms with Crippen molar-refractivity contribution < 1.29 is 9.59 Å². The molecule has 1 rings (SSSR count). The molecule has 14 heavy (non-hydrogen) atoms. The van der Waals surface area contributed by atoms with Crippen molar-refractivity contribution in [3.8, 4) is 0 Å². The lowest BCUT2D eigenvalue weighted by atomic mass is 10.2. The Balaban J connectivity index is 2.33. The highest BCUT2D eigenvalue weighted by Crippen LogP contribution is 2.28. The van der Waals surface area contributed by atoms with E-state index in [4.69, 9.17) is 5.73 Å². The quantitative estimate of drug-likeness (QED) is 0.662. The maximum absolute atomic E-state index is 11.4. The molecule has 0 heterocycles. The van der Waals surface area contributed by atoms with Crippen LogP contribution in [0, 0.1) is 5.92 Å². The number of nitrogens with two attached hydrogens (primary N) is 1. The van der Waals surface area contributed by atoms with Crippen molar-refractivity contribution in [2.24, 2.45) is 11.7 Å². The third kappa shape index (κ3) is 3.57. The van der Waals surface area contributed by atoms with Crippen molar-refractivity contribution in [3.63, 3.8) is 0 Å². The standard InChI is InChI=1S/C9H16N2O2S/c1-14-5-4-7(8(10)12)11-9(13)6-2-3-6/h6-7H,2-5H2,1H3,(H2,10,12)(H,11,13)/t7-/m0/s1. The van der Waals surface area contributed by atoms with E-state index in [-0.39, 0.29) is 11.8 Å². The number of carbonyl (C=O) groups excluding carboxylic acids is 2. The van der Waals surface area contributed by atoms with E-state index in [1.54, 1.807) is 11.8 Å². The second-order valence-electron chi connectivity index (χ2n) is 3.52. The molecule has 80 valence electrons. The van der Waals surface area contributed by atoms with Crippen LogP contribution >= 0.6 is 11.8 Å². The van der Waals surface area contributed by atoms with Gasteiger partial charge in [-0.1, -0.05) is 0 Å². The van der Waals surface area contributed by atoms with Crippen molar-refractivity contribution in [3.05, 3.63) is 0 Å². The second kappa shape index (κ2) is 5.24. The van der Waals surface area contributed by atoms with Gasteiger partial charge in [-0.05, 0) is 31.3 Å². The minimum absolute atomic E-state index is 0.0186. The molecule has 3 N–H and O–H groups in total. The van der Waals surface area contributed by atoms with Crippen LogP contribution in [0.4, 0.5) is 0 Å². The van der Waals surface area contributed by atoms with E-state index in [0.29, 0.717) is 6.42 Å². The first kappa shape index (κ1) is 11.4. The zero-order chi connectivity index (χ0) is 10.6. The summed E-state index contributed by atoms with van der Waals surface area (Å²) in [6, 6.07) is -0.490. The van der Waals surface area contributed by atoms with Gasteiger partial charge in [0, 0.05) is 5.92 Å². The van der Waals surface area contributed by atoms with Gasteiger partial charge < -0.3 is 11.1 Å². The van der Waals surface area contributed by atoms with Crippen LogP contribution in [-0.2, 0) is 9.59 Å². The lowest BCUT2D eigenvalue weighted by molar-refractivity contribution is -0.128. The fourth-order valence-electron chi connectivity index (χ4n) is 1.16. The third-order valence-corrected chi connectivity index (χ3v) is 2.86. The molecule has 0 spiro atoms. The molecule has 1 aliphatic carbocycles. The Morgan fingerprint density at radius 1 is 1.57 bits per heavy atom. The van der Waals surface area contributed by atoms with Crippen LogP contribution in [0.15, 0.2) is 0 Å². The second-order valence-corrected chi connectivity index (χ2v) is 4.50. The van der Waals surface area contributed by atoms with E-state index in [0.717, 1.165) is 18.6 Å². The number of primary amides is 1. The number of hydrogen-bond donors (Lipinski definition) is 2. The van der Waals surface area contributed by atoms with Crippen molar-refractivity contribution >= 4 is 23.6 Å². The molecule has 1 fully saturated rings. The van der Waals surface area contributed by atoms with E-state index in [2.05, 4.69) is 5.32 Å². The summed E-state index contributed by atoms with van der Waals surface area (Å²) < 4.78 is 0. The summed E-state index contributed by atoms with van der Waals surface area (Å²) in [6.07, 6.45) is 4.47. The molecule has 0 aromatic rings. The predicted octanol–water partition coefficient (Wildman–Crippen LogP) is 0.120. The van der Waals surface area contributed by atoms with E-state index >= 15 is 0 Å². The van der Waals surface area contributed by atoms with Crippen molar-refractivity contribution in [2.75, 3.05) is 12.0 Å². The highest BCUT2D eigenvalue weighted by molar-refractivity contribution is 7.98. The van der Waals surface area contributed by atoms with Gasteiger partial charge >= 0.3 is 0 Å². The topological polar surface area (TPSA) is 72.2 Å². The van der Waals surface area contributed by atoms with Gasteiger partial charge in [-0.25, -0.2) is 0 Å². The molecule has 0 radical (unpaired) electrons. The lowest BCUT2D eigenvalue weighted by Crippen LogP contribution is -2.45. The summed E-state index contributed by atoms with van der Waals surface area (Å²) in [5, 5.41) is 2.69. The average molecular weight is 216 g/mol. The van der Waals surface area contributed by atoms with E-state index in [1.165, 1.54) is 0 Å². The Hall–Kier alpha value is -0.710. The molecule has 4 nitrogen and oxygen atoms in total. The first-order valence-electron chi connectivity index (χ1n) is 4.73. The van der Waals surface area contributed by atoms with E-state index in [1.807, 2.05) is 6.26 Å². The number of carbonyl (C=O) groups is 2. The molecule has 1 aliphatic rings. The van der Waals surface area contributed by atoms with Crippen LogP contribution in [-0.4, -0.2) is 29.9 Å². The van der Waals surface area contributed by atoms with Gasteiger partial charge in [0.25, 0.3) is 0 Å². The largest absolute Gasteiger partial charge is 0.368 e. The number of hydrogen-bond acceptors (Lipinski definition) is 3. The van der Waals surface area contributed by atoms with Gasteiger partial charge in [0.1, 0.15) is 6.04 Å². The van der Waals surface area contributed by atoms with Crippen molar-refractivity contribution in [1.82, 2.24) is 5.32 Å². The number of rotatable bonds is 6. The highest BCUT2D eigenvalue weighted by atomic mass is 32.2. The Labute approximate surface area is 88.0 Å². The minimum Gasteiger partial charge on any atom is -0.368 e. The molecule has 0 saturated heterocycles. The molecule has 0 bridgehead atoms. The van der Waals surface area contributed by atoms with Gasteiger partial charge in [-0.15, -0.1) is 0 Å². The Bertz CT molecular complexity index is 229. The number of thioether (sulfide) groups is 1. The molecular formula is C9H16N2O2S. The molecular weight excluding hydrogens is 200 g/mol. The first-order valence-corrected chi connectivity index (χ1v) is 6.13. The minimum atomic E-state index is -0.490. The Morgan fingerprint density at radius 3 is 2.64 bits per heavy atom. The fourth-order valence-corrected chi connectivity index (χ4v) is 1.63. The molecule has 0 aromatic carbocycles. The van der Waals surface area contributed by atoms with Gasteiger partial charge in [0.2, 0.25) is 11.8 Å². The van der Waals surface area contributed by atoms with Crippen LogP contribution in [0.3, 0.4) is 0 Å². The normalized spacial score (nSPS) is 17.5. The van der Waals surface area contributed by atoms with Crippen LogP contribution in [0.25, 0.3) is 0 Å². The SMILES string of the molecule is CSCC[C@H](NC(=O)C1CC1)C(N)=O. The van der Waals surface area contributed by atoms with Crippen molar-refractivity contribution in [1.29, 1.82) is 0 Å². The maximum atomic E-state index is 11.4. The third-order valence-electron chi connectivity index (χ3n) is 2.22. The van der Waals surface area contributed by atoms with Crippen LogP contribution in [0.5, 0.6) is 0 Å². The number of amides is 2. The Kier molecular flexibility index (Phi) is 4.25. The highest BCUT2D eigenvalue weighted by Gasteiger charge is 2.31. The summed E-state index contributed by atoms with van der Waals surface area (Å²) in [5.41, 5.74) is 5.18. The van der Waals surface area contributed by atoms with Gasteiger partial charge in [0.05, 0.1) is 0 Å². The Morgan fingerprint density at radius 2 is 2.21 bits per heavy atom. The van der Waals surface area contributed by atoms with Gasteiger partial charge in [0.15, 0.2) is 0 Å². The summed E-state index contributed by atoms with van der Waals surface area (Å²) >= 11 is 1.64. The number of nitrogens with one attached hydrogen (secondary N) is 1. The maximum Gasteiger partial charge on any atom is 0.240 e. The summed E-state index contributed by atoms with van der Waals surface area (Å²) in [5.74, 6) is 0.507. The summed E-state index contributed by atoms with van der Waals surface area (Å²) in [6.45, 7) is 0. The van der Waals surface area contributed by atoms with Crippen LogP contribution < -0.4 is 11.1 Å². The first-order chi connectivity index (χ1) is 6.65. The molecule has 1 saturated carbocycles. The molecule has 5 heteroatoms. The average Bonchev–Trinajstić information content (AvgIpc) is 2.94. The lowest BCUT2D eigenvalue weighted by Gasteiger charge is -2.14. The zero-order valence-electron chi connectivity index (χ0n) is 8.29. The monoisotopic (exact) mass is 216 g/mol. The van der Waals surface area contributed by atoms with Crippen molar-refractivity contribution in [2.45, 2.75) is 25.3 Å². The fraction of sp³-hybridized carbons (Fsp3) is 0.778. The van der Waals surface area contributed by atoms with Gasteiger partial charge in [-0.3, -0.25) is 9.59 Å². The molecule has 0 unspecified atom stereocenters. The zero-order valence-corrected chi connectivity index (χ0v) is 9.10. The van der Waals surface area contributed by atoms with Crippen LogP contribution in [0.1, 0.15) is 19.3 Å². The van der Waals surface area contributed by atoms with Gasteiger partial charge in [-0.2, -0.15) is 11.8 Å². The van der Waals surface area contributed by atoms with E-state index < -0.39 is 11.9 Å². The molecule has 1 atom stereocenters. The molecule has 2 amide bonds. The summed E-state index contributed by atoms with van der Waals surface area (Å²) in [4.78, 5) is 22.3. The molecule has 0 aromatic heterocycles. The van der Waals surface area contributed by atoms with Crippen LogP contribution in [0.2, 0.25) is 0 Å².